The summed E-state index contributed by atoms with van der Waals surface area (Å²) in [6.45, 7) is 0. The number of hydrogen-bond acceptors (Lipinski definition) is 6. The number of carbonyl (C=O) groups excluding carboxylic acids is 2. The van der Waals surface area contributed by atoms with Gasteiger partial charge in [0, 0.05) is 0 Å². The number of rotatable bonds is 0. The summed E-state index contributed by atoms with van der Waals surface area (Å²) < 4.78 is 4.34. The molecule has 2 aromatic rings. The number of fused-ring (bicyclic) bond motifs is 3. The van der Waals surface area contributed by atoms with E-state index in [1.165, 1.54) is 0 Å². The summed E-state index contributed by atoms with van der Waals surface area (Å²) in [4.78, 5) is 36.1. The summed E-state index contributed by atoms with van der Waals surface area (Å²) in [6.07, 6.45) is 0. The highest BCUT2D eigenvalue weighted by atomic mass is 16.6. The first kappa shape index (κ1) is 7.85. The summed E-state index contributed by atoms with van der Waals surface area (Å²) in [5.41, 5.74) is -0.824. The van der Waals surface area contributed by atoms with Gasteiger partial charge in [0.1, 0.15) is 11.3 Å². The van der Waals surface area contributed by atoms with E-state index in [4.69, 9.17) is 0 Å². The van der Waals surface area contributed by atoms with Crippen molar-refractivity contribution >= 4 is 22.8 Å². The van der Waals surface area contributed by atoms with Crippen LogP contribution in [-0.4, -0.2) is 27.1 Å². The fourth-order valence-electron chi connectivity index (χ4n) is 1.47. The van der Waals surface area contributed by atoms with Gasteiger partial charge in [0.2, 0.25) is 5.52 Å². The Labute approximate surface area is 80.2 Å². The number of carbonyl (C=O) groups is 2. The zero-order valence-electron chi connectivity index (χ0n) is 7.03. The predicted octanol–water partition coefficient (Wildman–Crippen LogP) is -1.21. The summed E-state index contributed by atoms with van der Waals surface area (Å²) in [5, 5.41) is 8.78. The van der Waals surface area contributed by atoms with Crippen LogP contribution in [0.25, 0.3) is 11.0 Å². The molecule has 0 saturated carbocycles. The van der Waals surface area contributed by atoms with Gasteiger partial charge in [0.15, 0.2) is 5.52 Å². The van der Waals surface area contributed by atoms with Crippen molar-refractivity contribution in [3.8, 4) is 0 Å². The lowest BCUT2D eigenvalue weighted by atomic mass is 10.2. The third-order valence-corrected chi connectivity index (χ3v) is 2.11. The number of nitrogens with one attached hydrogen (secondary N) is 2. The van der Waals surface area contributed by atoms with Crippen molar-refractivity contribution in [2.45, 2.75) is 0 Å². The Hall–Kier alpha value is -2.51. The number of H-pyrrole nitrogens is 1. The van der Waals surface area contributed by atoms with Crippen LogP contribution in [0.2, 0.25) is 0 Å². The number of aromatic amines is 1. The van der Waals surface area contributed by atoms with Crippen molar-refractivity contribution < 1.29 is 14.2 Å². The third-order valence-electron chi connectivity index (χ3n) is 2.11. The van der Waals surface area contributed by atoms with Crippen LogP contribution in [0.3, 0.4) is 0 Å². The molecule has 0 atom stereocenters. The topological polar surface area (TPSA) is 118 Å². The van der Waals surface area contributed by atoms with Crippen LogP contribution in [0.5, 0.6) is 0 Å². The molecule has 0 unspecified atom stereocenters. The number of aromatic nitrogens is 3. The first-order valence-corrected chi connectivity index (χ1v) is 3.92. The van der Waals surface area contributed by atoms with Crippen LogP contribution in [0, 0.1) is 0 Å². The molecule has 2 N–H and O–H groups in total. The van der Waals surface area contributed by atoms with Crippen LogP contribution in [-0.2, 0) is 0 Å². The Morgan fingerprint density at radius 2 is 1.73 bits per heavy atom. The minimum absolute atomic E-state index is 0.00269. The molecule has 8 nitrogen and oxygen atoms in total. The molecule has 3 heterocycles. The minimum Gasteiger partial charge on any atom is -0.315 e. The lowest BCUT2D eigenvalue weighted by molar-refractivity contribution is 0.0878. The molecule has 0 spiro atoms. The molecule has 8 heteroatoms. The third kappa shape index (κ3) is 0.822. The van der Waals surface area contributed by atoms with Crippen molar-refractivity contribution in [3.63, 3.8) is 0 Å². The Morgan fingerprint density at radius 3 is 2.53 bits per heavy atom. The van der Waals surface area contributed by atoms with Gasteiger partial charge in [-0.1, -0.05) is 0 Å². The quantitative estimate of drug-likeness (QED) is 0.522. The Morgan fingerprint density at radius 1 is 1.00 bits per heavy atom. The van der Waals surface area contributed by atoms with E-state index in [1.54, 1.807) is 0 Å². The van der Waals surface area contributed by atoms with Crippen molar-refractivity contribution in [2.24, 2.45) is 0 Å². The number of pyridine rings is 1. The van der Waals surface area contributed by atoms with Gasteiger partial charge in [-0.05, 0) is 10.3 Å². The lowest BCUT2D eigenvalue weighted by Crippen LogP contribution is -2.20. The van der Waals surface area contributed by atoms with Crippen LogP contribution in [0.4, 0.5) is 0 Å². The molecule has 74 valence electrons. The standard InChI is InChI=1S/C7H2N4O4/c12-5-1-2-4(11-15-10-2)7(14)8-3(1)6(13)9-5/h(H,8,14)(H,9,12,13). The van der Waals surface area contributed by atoms with Gasteiger partial charge in [0.25, 0.3) is 17.4 Å². The van der Waals surface area contributed by atoms with Gasteiger partial charge >= 0.3 is 0 Å². The fourth-order valence-corrected chi connectivity index (χ4v) is 1.47. The smallest absolute Gasteiger partial charge is 0.280 e. The van der Waals surface area contributed by atoms with E-state index < -0.39 is 17.4 Å². The highest BCUT2D eigenvalue weighted by molar-refractivity contribution is 6.24. The lowest BCUT2D eigenvalue weighted by Gasteiger charge is -1.91. The maximum atomic E-state index is 11.3. The minimum atomic E-state index is -0.656. The normalized spacial score (nSPS) is 14.4. The van der Waals surface area contributed by atoms with E-state index in [-0.39, 0.29) is 22.3 Å². The number of hydrogen-bond donors (Lipinski definition) is 2. The van der Waals surface area contributed by atoms with Crippen LogP contribution >= 0.6 is 0 Å². The van der Waals surface area contributed by atoms with E-state index in [0.29, 0.717) is 0 Å². The van der Waals surface area contributed by atoms with E-state index >= 15 is 0 Å². The molecule has 0 aromatic carbocycles. The largest absolute Gasteiger partial charge is 0.315 e. The van der Waals surface area contributed by atoms with Crippen molar-refractivity contribution in [2.75, 3.05) is 0 Å². The van der Waals surface area contributed by atoms with Crippen molar-refractivity contribution in [3.05, 3.63) is 21.6 Å². The molecule has 0 aliphatic carbocycles. The molecular weight excluding hydrogens is 204 g/mol. The highest BCUT2D eigenvalue weighted by Gasteiger charge is 2.32. The summed E-state index contributed by atoms with van der Waals surface area (Å²) >= 11 is 0. The number of imide groups is 1. The van der Waals surface area contributed by atoms with Crippen LogP contribution in [0.1, 0.15) is 20.8 Å². The Kier molecular flexibility index (Phi) is 1.20. The van der Waals surface area contributed by atoms with Crippen LogP contribution < -0.4 is 10.9 Å². The van der Waals surface area contributed by atoms with E-state index in [0.717, 1.165) is 0 Å². The first-order chi connectivity index (χ1) is 7.18. The Balaban J connectivity index is 2.59. The second-order valence-electron chi connectivity index (χ2n) is 2.95. The SMILES string of the molecule is O=C1NC(=O)c2c1[nH]c(=O)c1nonc21. The predicted molar refractivity (Wildman–Crippen MR) is 44.2 cm³/mol. The zero-order chi connectivity index (χ0) is 10.6. The highest BCUT2D eigenvalue weighted by Crippen LogP contribution is 2.18. The second kappa shape index (κ2) is 2.29. The number of amides is 2. The molecule has 0 radical (unpaired) electrons. The van der Waals surface area contributed by atoms with Gasteiger partial charge in [-0.3, -0.25) is 19.7 Å². The molecule has 0 bridgehead atoms. The van der Waals surface area contributed by atoms with Gasteiger partial charge in [-0.25, -0.2) is 4.63 Å². The molecule has 1 aliphatic heterocycles. The number of nitrogens with zero attached hydrogens (tertiary/aromatic N) is 2. The summed E-state index contributed by atoms with van der Waals surface area (Å²) in [6, 6.07) is 0. The fraction of sp³-hybridized carbons (Fsp3) is 0. The first-order valence-electron chi connectivity index (χ1n) is 3.92. The summed E-state index contributed by atoms with van der Waals surface area (Å²) in [5.74, 6) is -1.27. The molecule has 3 rings (SSSR count). The van der Waals surface area contributed by atoms with Gasteiger partial charge in [-0.15, -0.1) is 0 Å². The molecule has 2 amide bonds. The van der Waals surface area contributed by atoms with Gasteiger partial charge < -0.3 is 4.98 Å². The molecular formula is C7H2N4O4. The maximum Gasteiger partial charge on any atom is 0.280 e. The van der Waals surface area contributed by atoms with Gasteiger partial charge in [-0.2, -0.15) is 0 Å². The second-order valence-corrected chi connectivity index (χ2v) is 2.95. The van der Waals surface area contributed by atoms with E-state index in [1.807, 2.05) is 5.32 Å². The molecule has 1 aliphatic rings. The van der Waals surface area contributed by atoms with E-state index in [2.05, 4.69) is 19.9 Å². The molecule has 15 heavy (non-hydrogen) atoms. The zero-order valence-corrected chi connectivity index (χ0v) is 7.03. The van der Waals surface area contributed by atoms with E-state index in [9.17, 15) is 14.4 Å². The molecule has 2 aromatic heterocycles. The van der Waals surface area contributed by atoms with Crippen molar-refractivity contribution in [1.82, 2.24) is 20.6 Å². The molecule has 0 saturated heterocycles. The summed E-state index contributed by atoms with van der Waals surface area (Å²) in [7, 11) is 0. The van der Waals surface area contributed by atoms with Crippen LogP contribution in [0.15, 0.2) is 9.42 Å². The average Bonchev–Trinajstić information content (AvgIpc) is 2.73. The Bertz CT molecular complexity index is 667. The van der Waals surface area contributed by atoms with Gasteiger partial charge in [0.05, 0.1) is 0 Å². The average molecular weight is 206 g/mol. The van der Waals surface area contributed by atoms with Crippen molar-refractivity contribution in [1.29, 1.82) is 0 Å². The monoisotopic (exact) mass is 206 g/mol. The molecule has 0 fully saturated rings. The maximum absolute atomic E-state index is 11.3.